The second-order valence-corrected chi connectivity index (χ2v) is 12.9. The van der Waals surface area contributed by atoms with Crippen molar-refractivity contribution in [2.45, 2.75) is 49.6 Å². The van der Waals surface area contributed by atoms with E-state index < -0.39 is 9.84 Å². The molecule has 2 fully saturated rings. The second-order valence-electron chi connectivity index (χ2n) is 10.9. The molecule has 2 saturated heterocycles. The van der Waals surface area contributed by atoms with Crippen molar-refractivity contribution in [2.75, 3.05) is 76.4 Å². The van der Waals surface area contributed by atoms with Gasteiger partial charge in [-0.3, -0.25) is 9.69 Å². The van der Waals surface area contributed by atoms with Crippen LogP contribution in [0.25, 0.3) is 0 Å². The lowest BCUT2D eigenvalue weighted by atomic mass is 10.0. The molecule has 0 spiro atoms. The van der Waals surface area contributed by atoms with Gasteiger partial charge in [0.2, 0.25) is 0 Å². The molecule has 40 heavy (non-hydrogen) atoms. The monoisotopic (exact) mass is 571 g/mol. The summed E-state index contributed by atoms with van der Waals surface area (Å²) < 4.78 is 30.9. The first-order chi connectivity index (χ1) is 19.3. The summed E-state index contributed by atoms with van der Waals surface area (Å²) in [4.78, 5) is 18.2. The third-order valence-corrected chi connectivity index (χ3v) is 8.85. The molecule has 10 heteroatoms. The topological polar surface area (TPSA) is 103 Å². The summed E-state index contributed by atoms with van der Waals surface area (Å²) in [6, 6.07) is 14.0. The van der Waals surface area contributed by atoms with E-state index in [-0.39, 0.29) is 16.8 Å². The zero-order valence-corrected chi connectivity index (χ0v) is 24.8. The number of methoxy groups -OCH3 is 1. The number of hydrogen-bond donors (Lipinski definition) is 3. The number of amides is 1. The summed E-state index contributed by atoms with van der Waals surface area (Å²) in [6.07, 6.45) is 6.15. The van der Waals surface area contributed by atoms with Crippen LogP contribution < -0.4 is 16.0 Å². The van der Waals surface area contributed by atoms with E-state index in [0.29, 0.717) is 43.1 Å². The average molecular weight is 572 g/mol. The number of likely N-dealkylation sites (tertiary alicyclic amines) is 2. The van der Waals surface area contributed by atoms with Gasteiger partial charge in [0.25, 0.3) is 5.91 Å². The molecule has 9 nitrogen and oxygen atoms in total. The van der Waals surface area contributed by atoms with Gasteiger partial charge in [-0.2, -0.15) is 0 Å². The maximum Gasteiger partial charge on any atom is 0.253 e. The van der Waals surface area contributed by atoms with Gasteiger partial charge in [0.05, 0.1) is 16.1 Å². The number of carbonyl (C=O) groups excluding carboxylic acids is 1. The van der Waals surface area contributed by atoms with Gasteiger partial charge < -0.3 is 25.6 Å². The Labute approximate surface area is 239 Å². The zero-order chi connectivity index (χ0) is 28.4. The Morgan fingerprint density at radius 1 is 0.975 bits per heavy atom. The summed E-state index contributed by atoms with van der Waals surface area (Å²) in [5.41, 5.74) is 2.86. The van der Waals surface area contributed by atoms with E-state index >= 15 is 0 Å². The van der Waals surface area contributed by atoms with E-state index in [9.17, 15) is 13.2 Å². The van der Waals surface area contributed by atoms with E-state index in [0.717, 1.165) is 52.1 Å². The summed E-state index contributed by atoms with van der Waals surface area (Å²) in [5.74, 6) is -0.287. The molecule has 2 heterocycles. The van der Waals surface area contributed by atoms with Crippen LogP contribution in [0.3, 0.4) is 0 Å². The first kappa shape index (κ1) is 30.3. The van der Waals surface area contributed by atoms with Crippen molar-refractivity contribution in [3.05, 3.63) is 53.6 Å². The van der Waals surface area contributed by atoms with Gasteiger partial charge in [0.1, 0.15) is 0 Å². The fourth-order valence-corrected chi connectivity index (χ4v) is 6.35. The highest BCUT2D eigenvalue weighted by molar-refractivity contribution is 7.90. The van der Waals surface area contributed by atoms with Crippen LogP contribution in [0.5, 0.6) is 0 Å². The van der Waals surface area contributed by atoms with Crippen molar-refractivity contribution >= 4 is 27.1 Å². The molecule has 1 amide bonds. The number of benzene rings is 2. The van der Waals surface area contributed by atoms with Gasteiger partial charge in [0.15, 0.2) is 9.84 Å². The molecular weight excluding hydrogens is 526 g/mol. The lowest BCUT2D eigenvalue weighted by molar-refractivity contribution is 0.0949. The van der Waals surface area contributed by atoms with Crippen molar-refractivity contribution in [2.24, 2.45) is 0 Å². The summed E-state index contributed by atoms with van der Waals surface area (Å²) in [7, 11) is -1.95. The minimum atomic E-state index is -3.58. The number of nitrogens with zero attached hydrogens (tertiary/aromatic N) is 2. The van der Waals surface area contributed by atoms with Crippen molar-refractivity contribution < 1.29 is 17.9 Å². The largest absolute Gasteiger partial charge is 0.385 e. The quantitative estimate of drug-likeness (QED) is 0.297. The minimum Gasteiger partial charge on any atom is -0.385 e. The van der Waals surface area contributed by atoms with Crippen molar-refractivity contribution in [1.29, 1.82) is 0 Å². The molecule has 0 saturated carbocycles. The van der Waals surface area contributed by atoms with E-state index in [1.54, 1.807) is 7.11 Å². The van der Waals surface area contributed by atoms with Gasteiger partial charge in [-0.1, -0.05) is 30.3 Å². The number of nitrogens with one attached hydrogen (secondary N) is 3. The molecule has 3 N–H and O–H groups in total. The van der Waals surface area contributed by atoms with Gasteiger partial charge in [-0.25, -0.2) is 8.42 Å². The van der Waals surface area contributed by atoms with E-state index in [4.69, 9.17) is 4.74 Å². The predicted octanol–water partition coefficient (Wildman–Crippen LogP) is 3.44. The first-order valence-electron chi connectivity index (χ1n) is 14.5. The number of rotatable bonds is 14. The third kappa shape index (κ3) is 8.92. The van der Waals surface area contributed by atoms with Crippen LogP contribution in [0.15, 0.2) is 47.4 Å². The standard InChI is InChI=1S/C30H45N5O4S/c1-39-20-8-13-32-30(36)26-21-29(40(2,37)38)28(22-27(26)31-14-19-34-15-6-7-16-34)33-25-11-17-35(18-12-25)23-24-9-4-3-5-10-24/h3-5,9-10,21-22,25,31,33H,6-8,11-20,23H2,1-2H3,(H,32,36). The van der Waals surface area contributed by atoms with E-state index in [1.165, 1.54) is 30.7 Å². The Hall–Kier alpha value is -2.66. The molecule has 0 radical (unpaired) electrons. The van der Waals surface area contributed by atoms with Gasteiger partial charge in [-0.15, -0.1) is 0 Å². The van der Waals surface area contributed by atoms with Gasteiger partial charge in [-0.05, 0) is 62.9 Å². The van der Waals surface area contributed by atoms with E-state index in [2.05, 4.69) is 50.0 Å². The molecule has 2 aliphatic heterocycles. The van der Waals surface area contributed by atoms with Gasteiger partial charge in [0, 0.05) is 71.0 Å². The van der Waals surface area contributed by atoms with E-state index in [1.807, 2.05) is 12.1 Å². The molecule has 0 aromatic heterocycles. The van der Waals surface area contributed by atoms with Crippen LogP contribution in [-0.4, -0.2) is 96.0 Å². The molecule has 2 aliphatic rings. The minimum absolute atomic E-state index is 0.152. The van der Waals surface area contributed by atoms with Crippen molar-refractivity contribution in [3.63, 3.8) is 0 Å². The highest BCUT2D eigenvalue weighted by Crippen LogP contribution is 2.31. The normalized spacial score (nSPS) is 17.1. The van der Waals surface area contributed by atoms with Crippen LogP contribution in [0.2, 0.25) is 0 Å². The number of hydrogen-bond acceptors (Lipinski definition) is 8. The second kappa shape index (κ2) is 14.8. The maximum absolute atomic E-state index is 13.2. The SMILES string of the molecule is COCCCNC(=O)c1cc(S(C)(=O)=O)c(NC2CCN(Cc3ccccc3)CC2)cc1NCCN1CCCC1. The predicted molar refractivity (Wildman–Crippen MR) is 161 cm³/mol. The first-order valence-corrected chi connectivity index (χ1v) is 16.4. The number of ether oxygens (including phenoxy) is 1. The molecule has 220 valence electrons. The van der Waals surface area contributed by atoms with Gasteiger partial charge >= 0.3 is 0 Å². The Bertz CT molecular complexity index is 1190. The van der Waals surface area contributed by atoms with Crippen LogP contribution in [0, 0.1) is 0 Å². The van der Waals surface area contributed by atoms with Crippen molar-refractivity contribution in [3.8, 4) is 0 Å². The lowest BCUT2D eigenvalue weighted by Crippen LogP contribution is -2.39. The number of anilines is 2. The van der Waals surface area contributed by atoms with Crippen LogP contribution in [-0.2, 0) is 21.1 Å². The Kier molecular flexibility index (Phi) is 11.2. The fraction of sp³-hybridized carbons (Fsp3) is 0.567. The summed E-state index contributed by atoms with van der Waals surface area (Å²) in [6.45, 7) is 7.53. The Balaban J connectivity index is 1.49. The fourth-order valence-electron chi connectivity index (χ4n) is 5.50. The smallest absolute Gasteiger partial charge is 0.253 e. The average Bonchev–Trinajstić information content (AvgIpc) is 3.46. The molecule has 4 rings (SSSR count). The third-order valence-electron chi connectivity index (χ3n) is 7.71. The number of piperidine rings is 1. The molecule has 2 aromatic rings. The maximum atomic E-state index is 13.2. The Morgan fingerprint density at radius 2 is 1.70 bits per heavy atom. The molecule has 0 atom stereocenters. The lowest BCUT2D eigenvalue weighted by Gasteiger charge is -2.33. The molecule has 2 aromatic carbocycles. The highest BCUT2D eigenvalue weighted by atomic mass is 32.2. The van der Waals surface area contributed by atoms with Crippen LogP contribution >= 0.6 is 0 Å². The molecular formula is C30H45N5O4S. The highest BCUT2D eigenvalue weighted by Gasteiger charge is 2.25. The zero-order valence-electron chi connectivity index (χ0n) is 24.0. The number of carbonyl (C=O) groups is 1. The summed E-state index contributed by atoms with van der Waals surface area (Å²) in [5, 5.41) is 9.90. The summed E-state index contributed by atoms with van der Waals surface area (Å²) >= 11 is 0. The molecule has 0 aliphatic carbocycles. The number of sulfone groups is 1. The molecule has 0 bridgehead atoms. The molecule has 0 unspecified atom stereocenters. The Morgan fingerprint density at radius 3 is 2.38 bits per heavy atom. The van der Waals surface area contributed by atoms with Crippen LogP contribution in [0.4, 0.5) is 11.4 Å². The van der Waals surface area contributed by atoms with Crippen molar-refractivity contribution in [1.82, 2.24) is 15.1 Å². The van der Waals surface area contributed by atoms with Crippen LogP contribution in [0.1, 0.15) is 48.0 Å².